The highest BCUT2D eigenvalue weighted by Gasteiger charge is 2.28. The average Bonchev–Trinajstić information content (AvgIpc) is 2.54. The maximum absolute atomic E-state index is 12.5. The number of likely N-dealkylation sites (tertiary alicyclic amines) is 1. The number of hydrogen-bond acceptors (Lipinski definition) is 4. The third kappa shape index (κ3) is 4.27. The van der Waals surface area contributed by atoms with Gasteiger partial charge in [-0.3, -0.25) is 4.79 Å². The number of hydrogen-bond donors (Lipinski definition) is 1. The minimum absolute atomic E-state index is 0.132. The second-order valence-electron chi connectivity index (χ2n) is 6.48. The van der Waals surface area contributed by atoms with E-state index < -0.39 is 16.1 Å². The number of carbonyl (C=O) groups excluding carboxylic acids is 1. The molecule has 0 spiro atoms. The molecular weight excluding hydrogens is 328 g/mol. The van der Waals surface area contributed by atoms with Crippen LogP contribution >= 0.6 is 0 Å². The molecule has 1 aliphatic heterocycles. The fraction of sp³-hybridized carbons (Fsp3) is 0.588. The monoisotopic (exact) mass is 354 g/mol. The molecule has 0 aliphatic carbocycles. The Morgan fingerprint density at radius 3 is 2.50 bits per heavy atom. The van der Waals surface area contributed by atoms with E-state index in [-0.39, 0.29) is 10.8 Å². The van der Waals surface area contributed by atoms with Crippen molar-refractivity contribution in [2.45, 2.75) is 44.6 Å². The lowest BCUT2D eigenvalue weighted by Gasteiger charge is -2.32. The summed E-state index contributed by atoms with van der Waals surface area (Å²) in [6.07, 6.45) is 1.92. The predicted octanol–water partition coefficient (Wildman–Crippen LogP) is 1.93. The lowest BCUT2D eigenvalue weighted by molar-refractivity contribution is -0.133. The normalized spacial score (nSPS) is 17.6. The van der Waals surface area contributed by atoms with Crippen molar-refractivity contribution in [3.63, 3.8) is 0 Å². The van der Waals surface area contributed by atoms with Crippen molar-refractivity contribution in [1.29, 1.82) is 0 Å². The van der Waals surface area contributed by atoms with Crippen LogP contribution in [0.5, 0.6) is 5.75 Å². The zero-order chi connectivity index (χ0) is 17.9. The van der Waals surface area contributed by atoms with Crippen molar-refractivity contribution in [2.75, 3.05) is 20.2 Å². The first-order valence-electron chi connectivity index (χ1n) is 8.20. The summed E-state index contributed by atoms with van der Waals surface area (Å²) in [5, 5.41) is 0. The van der Waals surface area contributed by atoms with Gasteiger partial charge in [0.2, 0.25) is 15.9 Å². The molecule has 1 aromatic rings. The largest absolute Gasteiger partial charge is 0.496 e. The van der Waals surface area contributed by atoms with Crippen molar-refractivity contribution in [2.24, 2.45) is 5.92 Å². The Bertz CT molecular complexity index is 695. The number of methoxy groups -OCH3 is 1. The molecule has 1 aromatic carbocycles. The van der Waals surface area contributed by atoms with E-state index in [1.807, 2.05) is 0 Å². The van der Waals surface area contributed by atoms with E-state index in [2.05, 4.69) is 11.6 Å². The van der Waals surface area contributed by atoms with Crippen LogP contribution in [0.25, 0.3) is 0 Å². The van der Waals surface area contributed by atoms with E-state index in [4.69, 9.17) is 4.74 Å². The zero-order valence-corrected chi connectivity index (χ0v) is 15.5. The van der Waals surface area contributed by atoms with Gasteiger partial charge in [0, 0.05) is 13.1 Å². The van der Waals surface area contributed by atoms with Gasteiger partial charge in [-0.05, 0) is 56.4 Å². The van der Waals surface area contributed by atoms with Crippen LogP contribution < -0.4 is 9.46 Å². The summed E-state index contributed by atoms with van der Waals surface area (Å²) >= 11 is 0. The van der Waals surface area contributed by atoms with E-state index in [9.17, 15) is 13.2 Å². The number of benzene rings is 1. The Balaban J connectivity index is 2.08. The third-order valence-corrected chi connectivity index (χ3v) is 6.01. The number of piperidine rings is 1. The van der Waals surface area contributed by atoms with Crippen molar-refractivity contribution < 1.29 is 17.9 Å². The number of nitrogens with one attached hydrogen (secondary N) is 1. The minimum atomic E-state index is -3.75. The molecule has 0 unspecified atom stereocenters. The topological polar surface area (TPSA) is 75.7 Å². The van der Waals surface area contributed by atoms with E-state index in [1.54, 1.807) is 30.9 Å². The molecule has 0 saturated carbocycles. The maximum atomic E-state index is 12.5. The minimum Gasteiger partial charge on any atom is -0.496 e. The van der Waals surface area contributed by atoms with E-state index >= 15 is 0 Å². The molecule has 1 heterocycles. The van der Waals surface area contributed by atoms with Gasteiger partial charge in [0.1, 0.15) is 5.75 Å². The van der Waals surface area contributed by atoms with Crippen molar-refractivity contribution >= 4 is 15.9 Å². The predicted molar refractivity (Wildman–Crippen MR) is 92.5 cm³/mol. The van der Waals surface area contributed by atoms with Crippen LogP contribution in [-0.4, -0.2) is 45.5 Å². The van der Waals surface area contributed by atoms with Gasteiger partial charge in [0.25, 0.3) is 0 Å². The molecule has 1 N–H and O–H groups in total. The van der Waals surface area contributed by atoms with Crippen molar-refractivity contribution in [3.05, 3.63) is 23.8 Å². The molecule has 2 rings (SSSR count). The van der Waals surface area contributed by atoms with Gasteiger partial charge in [-0.25, -0.2) is 8.42 Å². The maximum Gasteiger partial charge on any atom is 0.241 e. The molecular formula is C17H26N2O4S. The molecule has 7 heteroatoms. The Hall–Kier alpha value is -1.60. The number of amides is 1. The summed E-state index contributed by atoms with van der Waals surface area (Å²) in [7, 11) is -2.22. The second-order valence-corrected chi connectivity index (χ2v) is 8.20. The molecule has 1 saturated heterocycles. The van der Waals surface area contributed by atoms with E-state index in [0.717, 1.165) is 18.4 Å². The van der Waals surface area contributed by atoms with Crippen LogP contribution in [0, 0.1) is 12.8 Å². The zero-order valence-electron chi connectivity index (χ0n) is 14.7. The fourth-order valence-corrected chi connectivity index (χ4v) is 4.15. The van der Waals surface area contributed by atoms with Crippen LogP contribution in [0.3, 0.4) is 0 Å². The number of carbonyl (C=O) groups is 1. The molecule has 0 radical (unpaired) electrons. The van der Waals surface area contributed by atoms with E-state index in [1.165, 1.54) is 13.2 Å². The van der Waals surface area contributed by atoms with Gasteiger partial charge in [0.15, 0.2) is 0 Å². The average molecular weight is 354 g/mol. The number of aryl methyl sites for hydroxylation is 1. The van der Waals surface area contributed by atoms with Crippen LogP contribution in [0.2, 0.25) is 0 Å². The lowest BCUT2D eigenvalue weighted by atomic mass is 9.99. The summed E-state index contributed by atoms with van der Waals surface area (Å²) in [5.74, 6) is 1.07. The Morgan fingerprint density at radius 1 is 1.33 bits per heavy atom. The summed E-state index contributed by atoms with van der Waals surface area (Å²) in [6, 6.07) is 3.85. The number of sulfonamides is 1. The smallest absolute Gasteiger partial charge is 0.241 e. The molecule has 1 fully saturated rings. The quantitative estimate of drug-likeness (QED) is 0.877. The highest BCUT2D eigenvalue weighted by molar-refractivity contribution is 7.89. The Labute approximate surface area is 144 Å². The molecule has 6 nitrogen and oxygen atoms in total. The summed E-state index contributed by atoms with van der Waals surface area (Å²) in [4.78, 5) is 14.3. The first-order chi connectivity index (χ1) is 11.2. The SMILES string of the molecule is COc1ccc(S(=O)(=O)N[C@@H](C)C(=O)N2CCC(C)CC2)cc1C. The molecule has 0 aromatic heterocycles. The number of rotatable bonds is 5. The van der Waals surface area contributed by atoms with Crippen molar-refractivity contribution in [3.8, 4) is 5.75 Å². The fourth-order valence-electron chi connectivity index (χ4n) is 2.87. The Morgan fingerprint density at radius 2 is 1.96 bits per heavy atom. The highest BCUT2D eigenvalue weighted by atomic mass is 32.2. The molecule has 134 valence electrons. The highest BCUT2D eigenvalue weighted by Crippen LogP contribution is 2.22. The first-order valence-corrected chi connectivity index (χ1v) is 9.68. The number of nitrogens with zero attached hydrogens (tertiary/aromatic N) is 1. The van der Waals surface area contributed by atoms with Crippen LogP contribution in [0.4, 0.5) is 0 Å². The number of ether oxygens (including phenoxy) is 1. The molecule has 1 atom stereocenters. The second kappa shape index (κ2) is 7.53. The van der Waals surface area contributed by atoms with Gasteiger partial charge in [-0.2, -0.15) is 4.72 Å². The van der Waals surface area contributed by atoms with Crippen LogP contribution in [0.15, 0.2) is 23.1 Å². The van der Waals surface area contributed by atoms with Gasteiger partial charge in [-0.1, -0.05) is 6.92 Å². The summed E-state index contributed by atoms with van der Waals surface area (Å²) < 4.78 is 32.7. The molecule has 0 bridgehead atoms. The molecule has 1 amide bonds. The lowest BCUT2D eigenvalue weighted by Crippen LogP contribution is -2.49. The summed E-state index contributed by atoms with van der Waals surface area (Å²) in [5.41, 5.74) is 0.726. The standard InChI is InChI=1S/C17H26N2O4S/c1-12-7-9-19(10-8-12)17(20)14(3)18-24(21,22)15-5-6-16(23-4)13(2)11-15/h5-6,11-12,14,18H,7-10H2,1-4H3/t14-/m0/s1. The van der Waals surface area contributed by atoms with Gasteiger partial charge in [-0.15, -0.1) is 0 Å². The summed E-state index contributed by atoms with van der Waals surface area (Å²) in [6.45, 7) is 6.91. The van der Waals surface area contributed by atoms with E-state index in [0.29, 0.717) is 24.8 Å². The first kappa shape index (κ1) is 18.7. The van der Waals surface area contributed by atoms with Gasteiger partial charge in [0.05, 0.1) is 18.0 Å². The van der Waals surface area contributed by atoms with Crippen LogP contribution in [0.1, 0.15) is 32.3 Å². The molecule has 1 aliphatic rings. The van der Waals surface area contributed by atoms with Crippen LogP contribution in [-0.2, 0) is 14.8 Å². The third-order valence-electron chi connectivity index (χ3n) is 4.47. The van der Waals surface area contributed by atoms with Gasteiger partial charge >= 0.3 is 0 Å². The molecule has 24 heavy (non-hydrogen) atoms. The van der Waals surface area contributed by atoms with Crippen molar-refractivity contribution in [1.82, 2.24) is 9.62 Å². The Kier molecular flexibility index (Phi) is 5.87. The van der Waals surface area contributed by atoms with Gasteiger partial charge < -0.3 is 9.64 Å².